The van der Waals surface area contributed by atoms with Crippen LogP contribution in [-0.4, -0.2) is 43.1 Å². The number of hydrogen-bond acceptors (Lipinski definition) is 3. The number of benzene rings is 2. The van der Waals surface area contributed by atoms with E-state index in [1.165, 1.54) is 23.1 Å². The van der Waals surface area contributed by atoms with Gasteiger partial charge in [0, 0.05) is 24.7 Å². The van der Waals surface area contributed by atoms with Gasteiger partial charge in [0.15, 0.2) is 0 Å². The smallest absolute Gasteiger partial charge is 0.416 e. The predicted octanol–water partition coefficient (Wildman–Crippen LogP) is 4.28. The van der Waals surface area contributed by atoms with Gasteiger partial charge in [-0.25, -0.2) is 0 Å². The van der Waals surface area contributed by atoms with E-state index >= 15 is 0 Å². The van der Waals surface area contributed by atoms with Crippen LogP contribution in [0.25, 0.3) is 0 Å². The van der Waals surface area contributed by atoms with E-state index < -0.39 is 23.6 Å². The van der Waals surface area contributed by atoms with Crippen LogP contribution in [0.2, 0.25) is 0 Å². The van der Waals surface area contributed by atoms with Crippen molar-refractivity contribution in [2.75, 3.05) is 32.1 Å². The number of fused-ring (bicyclic) bond motifs is 1. The second-order valence-electron chi connectivity index (χ2n) is 7.78. The summed E-state index contributed by atoms with van der Waals surface area (Å²) in [6.45, 7) is 2.62. The van der Waals surface area contributed by atoms with Crippen LogP contribution in [0, 0.1) is 5.92 Å². The van der Waals surface area contributed by atoms with Crippen molar-refractivity contribution >= 4 is 11.6 Å². The first-order valence-corrected chi connectivity index (χ1v) is 9.53. The third kappa shape index (κ3) is 4.40. The Balaban J connectivity index is 2.15. The maximum absolute atomic E-state index is 13.8. The number of phenolic OH excluding ortho intramolecular Hbond substituents is 1. The van der Waals surface area contributed by atoms with Gasteiger partial charge in [0.25, 0.3) is 0 Å². The number of carbonyl (C=O) groups is 1. The van der Waals surface area contributed by atoms with Crippen molar-refractivity contribution < 1.29 is 23.1 Å². The minimum absolute atomic E-state index is 0.0744. The second kappa shape index (κ2) is 8.06. The average Bonchev–Trinajstić information content (AvgIpc) is 2.75. The van der Waals surface area contributed by atoms with Gasteiger partial charge in [-0.2, -0.15) is 13.2 Å². The summed E-state index contributed by atoms with van der Waals surface area (Å²) in [5, 5.41) is 9.57. The molecule has 0 bridgehead atoms. The highest BCUT2D eigenvalue weighted by atomic mass is 19.4. The molecule has 0 saturated carbocycles. The molecule has 3 rings (SSSR count). The zero-order valence-corrected chi connectivity index (χ0v) is 16.7. The molecule has 0 aromatic heterocycles. The standard InChI is InChI=1S/C22H25F3N2O2/c1-14-17(15-7-9-16(28)10-8-15)13-18-19(22(23,24)25)5-4-6-20(18)27(21(14)29)12-11-26(2)3/h4-10,14,17,28H,11-13H2,1-3H3/t14-,17-/m1/s1. The van der Waals surface area contributed by atoms with E-state index in [1.807, 2.05) is 19.0 Å². The molecule has 2 atom stereocenters. The van der Waals surface area contributed by atoms with Crippen molar-refractivity contribution in [1.82, 2.24) is 4.90 Å². The van der Waals surface area contributed by atoms with Crippen LogP contribution in [0.1, 0.15) is 29.5 Å². The van der Waals surface area contributed by atoms with Gasteiger partial charge in [0.05, 0.1) is 5.56 Å². The molecule has 0 saturated heterocycles. The van der Waals surface area contributed by atoms with E-state index in [0.717, 1.165) is 11.6 Å². The molecule has 2 aromatic rings. The highest BCUT2D eigenvalue weighted by Crippen LogP contribution is 2.43. The van der Waals surface area contributed by atoms with Gasteiger partial charge in [0.1, 0.15) is 5.75 Å². The summed E-state index contributed by atoms with van der Waals surface area (Å²) >= 11 is 0. The first kappa shape index (κ1) is 21.2. The normalized spacial score (nSPS) is 20.0. The molecule has 1 amide bonds. The molecule has 156 valence electrons. The molecule has 2 aromatic carbocycles. The summed E-state index contributed by atoms with van der Waals surface area (Å²) < 4.78 is 41.3. The van der Waals surface area contributed by atoms with Crippen LogP contribution >= 0.6 is 0 Å². The number of phenols is 1. The molecular weight excluding hydrogens is 381 g/mol. The van der Waals surface area contributed by atoms with Crippen LogP contribution in [-0.2, 0) is 17.4 Å². The number of likely N-dealkylation sites (N-methyl/N-ethyl adjacent to an activating group) is 1. The number of alkyl halides is 3. The lowest BCUT2D eigenvalue weighted by atomic mass is 9.82. The Hall–Kier alpha value is -2.54. The fourth-order valence-electron chi connectivity index (χ4n) is 3.90. The average molecular weight is 406 g/mol. The predicted molar refractivity (Wildman–Crippen MR) is 106 cm³/mol. The highest BCUT2D eigenvalue weighted by Gasteiger charge is 2.40. The Labute approximate surface area is 168 Å². The molecule has 0 spiro atoms. The number of aromatic hydroxyl groups is 1. The maximum atomic E-state index is 13.8. The van der Waals surface area contributed by atoms with Crippen molar-refractivity contribution in [2.45, 2.75) is 25.4 Å². The molecule has 0 radical (unpaired) electrons. The van der Waals surface area contributed by atoms with E-state index in [0.29, 0.717) is 18.8 Å². The Morgan fingerprint density at radius 2 is 1.79 bits per heavy atom. The molecule has 29 heavy (non-hydrogen) atoms. The van der Waals surface area contributed by atoms with Crippen LogP contribution in [0.15, 0.2) is 42.5 Å². The number of halogens is 3. The summed E-state index contributed by atoms with van der Waals surface area (Å²) in [4.78, 5) is 16.7. The van der Waals surface area contributed by atoms with Crippen molar-refractivity contribution in [3.05, 3.63) is 59.2 Å². The molecule has 7 heteroatoms. The van der Waals surface area contributed by atoms with Gasteiger partial charge in [-0.1, -0.05) is 25.1 Å². The number of nitrogens with zero attached hydrogens (tertiary/aromatic N) is 2. The molecule has 0 fully saturated rings. The molecule has 1 aliphatic rings. The summed E-state index contributed by atoms with van der Waals surface area (Å²) in [5.41, 5.74) is 0.519. The lowest BCUT2D eigenvalue weighted by molar-refractivity contribution is -0.138. The maximum Gasteiger partial charge on any atom is 0.416 e. The molecule has 1 heterocycles. The van der Waals surface area contributed by atoms with E-state index in [2.05, 4.69) is 0 Å². The van der Waals surface area contributed by atoms with E-state index in [-0.39, 0.29) is 23.6 Å². The minimum atomic E-state index is -4.51. The fraction of sp³-hybridized carbons (Fsp3) is 0.409. The Morgan fingerprint density at radius 1 is 1.14 bits per heavy atom. The van der Waals surface area contributed by atoms with Gasteiger partial charge in [-0.15, -0.1) is 0 Å². The zero-order valence-electron chi connectivity index (χ0n) is 16.7. The molecule has 4 nitrogen and oxygen atoms in total. The molecule has 1 N–H and O–H groups in total. The summed E-state index contributed by atoms with van der Waals surface area (Å²) in [6.07, 6.45) is -4.41. The van der Waals surface area contributed by atoms with Gasteiger partial charge < -0.3 is 14.9 Å². The van der Waals surface area contributed by atoms with E-state index in [1.54, 1.807) is 25.1 Å². The van der Waals surface area contributed by atoms with E-state index in [9.17, 15) is 23.1 Å². The van der Waals surface area contributed by atoms with Gasteiger partial charge in [-0.05, 0) is 61.8 Å². The van der Waals surface area contributed by atoms with Gasteiger partial charge >= 0.3 is 6.18 Å². The van der Waals surface area contributed by atoms with Crippen LogP contribution in [0.3, 0.4) is 0 Å². The topological polar surface area (TPSA) is 43.8 Å². The Kier molecular flexibility index (Phi) is 5.89. The lowest BCUT2D eigenvalue weighted by Gasteiger charge is -2.28. The van der Waals surface area contributed by atoms with Crippen molar-refractivity contribution in [3.63, 3.8) is 0 Å². The van der Waals surface area contributed by atoms with Crippen molar-refractivity contribution in [1.29, 1.82) is 0 Å². The largest absolute Gasteiger partial charge is 0.508 e. The Bertz CT molecular complexity index is 879. The molecular formula is C22H25F3N2O2. The third-order valence-corrected chi connectivity index (χ3v) is 5.52. The SMILES string of the molecule is C[C@H]1C(=O)N(CCN(C)C)c2cccc(C(F)(F)F)c2C[C@H]1c1ccc(O)cc1. The lowest BCUT2D eigenvalue weighted by Crippen LogP contribution is -2.40. The van der Waals surface area contributed by atoms with Crippen molar-refractivity contribution in [2.24, 2.45) is 5.92 Å². The molecule has 0 aliphatic carbocycles. The first-order valence-electron chi connectivity index (χ1n) is 9.53. The monoisotopic (exact) mass is 406 g/mol. The number of carbonyl (C=O) groups excluding carboxylic acids is 1. The summed E-state index contributed by atoms with van der Waals surface area (Å²) in [6, 6.07) is 10.4. The number of hydrogen-bond donors (Lipinski definition) is 1. The highest BCUT2D eigenvalue weighted by molar-refractivity contribution is 5.97. The first-order chi connectivity index (χ1) is 13.6. The van der Waals surface area contributed by atoms with Gasteiger partial charge in [0.2, 0.25) is 5.91 Å². The van der Waals surface area contributed by atoms with Crippen LogP contribution < -0.4 is 4.90 Å². The van der Waals surface area contributed by atoms with Crippen LogP contribution in [0.4, 0.5) is 18.9 Å². The molecule has 0 unspecified atom stereocenters. The van der Waals surface area contributed by atoms with E-state index in [4.69, 9.17) is 0 Å². The quantitative estimate of drug-likeness (QED) is 0.824. The van der Waals surface area contributed by atoms with Crippen molar-refractivity contribution in [3.8, 4) is 5.75 Å². The number of anilines is 1. The second-order valence-corrected chi connectivity index (χ2v) is 7.78. The zero-order chi connectivity index (χ0) is 21.3. The Morgan fingerprint density at radius 3 is 2.38 bits per heavy atom. The fourth-order valence-corrected chi connectivity index (χ4v) is 3.90. The third-order valence-electron chi connectivity index (χ3n) is 5.52. The van der Waals surface area contributed by atoms with Crippen LogP contribution in [0.5, 0.6) is 5.75 Å². The summed E-state index contributed by atoms with van der Waals surface area (Å²) in [5.74, 6) is -1.04. The number of rotatable bonds is 4. The molecule has 1 aliphatic heterocycles. The van der Waals surface area contributed by atoms with Gasteiger partial charge in [-0.3, -0.25) is 4.79 Å². The number of amides is 1. The summed E-state index contributed by atoms with van der Waals surface area (Å²) in [7, 11) is 3.72. The minimum Gasteiger partial charge on any atom is -0.508 e.